The van der Waals surface area contributed by atoms with Crippen LogP contribution in [0.5, 0.6) is 0 Å². The van der Waals surface area contributed by atoms with Gasteiger partial charge in [0.25, 0.3) is 0 Å². The van der Waals surface area contributed by atoms with E-state index < -0.39 is 28.7 Å². The second-order valence-corrected chi connectivity index (χ2v) is 4.88. The number of carbonyl (C=O) groups is 3. The Hall–Kier alpha value is -1.44. The zero-order valence-electron chi connectivity index (χ0n) is 9.52. The molecule has 0 radical (unpaired) electrons. The molecule has 7 nitrogen and oxygen atoms in total. The molecule has 0 aliphatic heterocycles. The monoisotopic (exact) mass is 264 g/mol. The molecule has 3 N–H and O–H groups in total. The standard InChI is InChI=1S/C9H16N2O5S/c1-17(16)6-5-10-9(15)11-7(12)3-2-4-8(13)14/h2-6H2,1H3,(H,13,14)(H2,10,11,12,15). The van der Waals surface area contributed by atoms with Crippen LogP contribution in [0.4, 0.5) is 4.79 Å². The van der Waals surface area contributed by atoms with Gasteiger partial charge < -0.3 is 10.4 Å². The second kappa shape index (κ2) is 8.68. The molecule has 0 fully saturated rings. The highest BCUT2D eigenvalue weighted by Crippen LogP contribution is 1.94. The van der Waals surface area contributed by atoms with Gasteiger partial charge in [0.05, 0.1) is 0 Å². The Balaban J connectivity index is 3.62. The van der Waals surface area contributed by atoms with Crippen molar-refractivity contribution in [3.05, 3.63) is 0 Å². The molecule has 0 rings (SSSR count). The van der Waals surface area contributed by atoms with E-state index >= 15 is 0 Å². The van der Waals surface area contributed by atoms with Gasteiger partial charge in [0.15, 0.2) is 0 Å². The Labute approximate surface area is 101 Å². The van der Waals surface area contributed by atoms with E-state index in [1.54, 1.807) is 0 Å². The number of rotatable bonds is 7. The first kappa shape index (κ1) is 15.6. The van der Waals surface area contributed by atoms with Crippen LogP contribution in [0.1, 0.15) is 19.3 Å². The predicted octanol–water partition coefficient (Wildman–Crippen LogP) is -0.554. The van der Waals surface area contributed by atoms with Gasteiger partial charge in [-0.05, 0) is 6.42 Å². The minimum Gasteiger partial charge on any atom is -0.481 e. The number of hydrogen-bond acceptors (Lipinski definition) is 4. The van der Waals surface area contributed by atoms with Gasteiger partial charge in [0, 0.05) is 42.2 Å². The quantitative estimate of drug-likeness (QED) is 0.571. The summed E-state index contributed by atoms with van der Waals surface area (Å²) in [7, 11) is -0.997. The summed E-state index contributed by atoms with van der Waals surface area (Å²) in [6.45, 7) is 0.220. The Kier molecular flexibility index (Phi) is 7.95. The highest BCUT2D eigenvalue weighted by Gasteiger charge is 2.07. The number of aliphatic carboxylic acids is 1. The topological polar surface area (TPSA) is 113 Å². The van der Waals surface area contributed by atoms with Crippen molar-refractivity contribution >= 4 is 28.7 Å². The van der Waals surface area contributed by atoms with Crippen LogP contribution in [0.2, 0.25) is 0 Å². The van der Waals surface area contributed by atoms with Crippen LogP contribution in [-0.2, 0) is 20.4 Å². The molecule has 0 aromatic carbocycles. The van der Waals surface area contributed by atoms with Crippen LogP contribution in [-0.4, -0.2) is 45.8 Å². The first-order chi connectivity index (χ1) is 7.91. The van der Waals surface area contributed by atoms with E-state index in [0.717, 1.165) is 0 Å². The Morgan fingerprint density at radius 2 is 1.88 bits per heavy atom. The number of carboxylic acids is 1. The maximum absolute atomic E-state index is 11.1. The molecule has 0 aliphatic carbocycles. The van der Waals surface area contributed by atoms with Gasteiger partial charge in [-0.2, -0.15) is 0 Å². The lowest BCUT2D eigenvalue weighted by atomic mass is 10.2. The van der Waals surface area contributed by atoms with E-state index in [-0.39, 0.29) is 25.8 Å². The molecule has 8 heteroatoms. The van der Waals surface area contributed by atoms with Crippen molar-refractivity contribution in [2.24, 2.45) is 0 Å². The van der Waals surface area contributed by atoms with E-state index in [0.29, 0.717) is 5.75 Å². The highest BCUT2D eigenvalue weighted by atomic mass is 32.2. The van der Waals surface area contributed by atoms with Crippen molar-refractivity contribution in [3.63, 3.8) is 0 Å². The van der Waals surface area contributed by atoms with Gasteiger partial charge in [0.2, 0.25) is 5.91 Å². The minimum absolute atomic E-state index is 0.0145. The molecule has 0 bridgehead atoms. The van der Waals surface area contributed by atoms with Gasteiger partial charge in [-0.3, -0.25) is 19.1 Å². The lowest BCUT2D eigenvalue weighted by molar-refractivity contribution is -0.137. The molecular weight excluding hydrogens is 248 g/mol. The molecule has 0 aromatic heterocycles. The predicted molar refractivity (Wildman–Crippen MR) is 62.0 cm³/mol. The summed E-state index contributed by atoms with van der Waals surface area (Å²) >= 11 is 0. The third-order valence-electron chi connectivity index (χ3n) is 1.72. The Morgan fingerprint density at radius 1 is 1.24 bits per heavy atom. The fourth-order valence-corrected chi connectivity index (χ4v) is 1.33. The smallest absolute Gasteiger partial charge is 0.321 e. The van der Waals surface area contributed by atoms with Crippen molar-refractivity contribution in [2.45, 2.75) is 19.3 Å². The number of imide groups is 1. The summed E-state index contributed by atoms with van der Waals surface area (Å²) in [6, 6.07) is -0.657. The first-order valence-corrected chi connectivity index (χ1v) is 6.74. The average molecular weight is 264 g/mol. The van der Waals surface area contributed by atoms with Crippen LogP contribution in [0, 0.1) is 0 Å². The molecule has 0 aliphatic rings. The number of urea groups is 1. The molecule has 0 saturated heterocycles. The molecular formula is C9H16N2O5S. The zero-order valence-corrected chi connectivity index (χ0v) is 10.3. The molecule has 0 spiro atoms. The van der Waals surface area contributed by atoms with E-state index in [2.05, 4.69) is 5.32 Å². The lowest BCUT2D eigenvalue weighted by Gasteiger charge is -2.05. The summed E-state index contributed by atoms with van der Waals surface area (Å²) in [5.41, 5.74) is 0. The maximum atomic E-state index is 11.1. The van der Waals surface area contributed by atoms with E-state index in [4.69, 9.17) is 5.11 Å². The second-order valence-electron chi connectivity index (χ2n) is 3.33. The number of carboxylic acid groups (broad SMARTS) is 1. The molecule has 1 unspecified atom stereocenters. The van der Waals surface area contributed by atoms with Gasteiger partial charge in [-0.1, -0.05) is 0 Å². The Morgan fingerprint density at radius 3 is 2.41 bits per heavy atom. The Bertz CT molecular complexity index is 289. The number of nitrogens with one attached hydrogen (secondary N) is 2. The van der Waals surface area contributed by atoms with Crippen molar-refractivity contribution in [3.8, 4) is 0 Å². The fourth-order valence-electron chi connectivity index (χ4n) is 0.942. The fraction of sp³-hybridized carbons (Fsp3) is 0.667. The van der Waals surface area contributed by atoms with E-state index in [1.807, 2.05) is 5.32 Å². The molecule has 0 heterocycles. The molecule has 1 atom stereocenters. The zero-order chi connectivity index (χ0) is 13.3. The van der Waals surface area contributed by atoms with Crippen molar-refractivity contribution < 1.29 is 23.7 Å². The third kappa shape index (κ3) is 10.8. The third-order valence-corrected chi connectivity index (χ3v) is 2.50. The molecule has 98 valence electrons. The van der Waals surface area contributed by atoms with Crippen LogP contribution in [0.3, 0.4) is 0 Å². The van der Waals surface area contributed by atoms with E-state index in [1.165, 1.54) is 6.26 Å². The largest absolute Gasteiger partial charge is 0.481 e. The summed E-state index contributed by atoms with van der Waals surface area (Å²) in [5, 5.41) is 12.7. The van der Waals surface area contributed by atoms with Gasteiger partial charge >= 0.3 is 12.0 Å². The van der Waals surface area contributed by atoms with Crippen LogP contribution in [0.15, 0.2) is 0 Å². The van der Waals surface area contributed by atoms with Gasteiger partial charge in [-0.25, -0.2) is 4.79 Å². The minimum atomic E-state index is -0.997. The number of amides is 3. The molecule has 17 heavy (non-hydrogen) atoms. The SMILES string of the molecule is CS(=O)CCNC(=O)NC(=O)CCCC(=O)O. The summed E-state index contributed by atoms with van der Waals surface area (Å²) < 4.78 is 10.7. The lowest BCUT2D eigenvalue weighted by Crippen LogP contribution is -2.40. The van der Waals surface area contributed by atoms with Crippen LogP contribution >= 0.6 is 0 Å². The van der Waals surface area contributed by atoms with Gasteiger partial charge in [0.1, 0.15) is 0 Å². The summed E-state index contributed by atoms with van der Waals surface area (Å²) in [5.74, 6) is -1.19. The summed E-state index contributed by atoms with van der Waals surface area (Å²) in [6.07, 6.45) is 1.58. The number of carbonyl (C=O) groups excluding carboxylic acids is 2. The van der Waals surface area contributed by atoms with Crippen LogP contribution in [0.25, 0.3) is 0 Å². The normalized spacial score (nSPS) is 11.6. The highest BCUT2D eigenvalue weighted by molar-refractivity contribution is 7.84. The first-order valence-electron chi connectivity index (χ1n) is 5.01. The van der Waals surface area contributed by atoms with Crippen molar-refractivity contribution in [2.75, 3.05) is 18.6 Å². The number of hydrogen-bond donors (Lipinski definition) is 3. The van der Waals surface area contributed by atoms with Crippen molar-refractivity contribution in [1.29, 1.82) is 0 Å². The molecule has 0 saturated carbocycles. The molecule has 0 aromatic rings. The van der Waals surface area contributed by atoms with Crippen molar-refractivity contribution in [1.82, 2.24) is 10.6 Å². The van der Waals surface area contributed by atoms with Gasteiger partial charge in [-0.15, -0.1) is 0 Å². The van der Waals surface area contributed by atoms with Crippen LogP contribution < -0.4 is 10.6 Å². The van der Waals surface area contributed by atoms with E-state index in [9.17, 15) is 18.6 Å². The molecule has 3 amide bonds. The maximum Gasteiger partial charge on any atom is 0.321 e. The summed E-state index contributed by atoms with van der Waals surface area (Å²) in [4.78, 5) is 32.3. The average Bonchev–Trinajstić information content (AvgIpc) is 2.15.